The van der Waals surface area contributed by atoms with Crippen LogP contribution in [0, 0.1) is 0 Å². The van der Waals surface area contributed by atoms with Gasteiger partial charge in [-0.3, -0.25) is 4.79 Å². The molecule has 0 aromatic carbocycles. The molecule has 0 aromatic rings. The van der Waals surface area contributed by atoms with Crippen LogP contribution in [0.3, 0.4) is 0 Å². The largest absolute Gasteiger partial charge is 0.480 e. The molecular formula is C11H19NO4. The van der Waals surface area contributed by atoms with E-state index in [1.165, 1.54) is 0 Å². The monoisotopic (exact) mass is 229 g/mol. The van der Waals surface area contributed by atoms with E-state index in [9.17, 15) is 9.59 Å². The minimum atomic E-state index is -1.04. The minimum absolute atomic E-state index is 0.102. The minimum Gasteiger partial charge on any atom is -0.480 e. The number of nitrogens with one attached hydrogen (secondary N) is 1. The zero-order valence-corrected chi connectivity index (χ0v) is 9.95. The van der Waals surface area contributed by atoms with Gasteiger partial charge in [0, 0.05) is 6.61 Å². The van der Waals surface area contributed by atoms with E-state index in [2.05, 4.69) is 5.32 Å². The van der Waals surface area contributed by atoms with Crippen molar-refractivity contribution in [1.82, 2.24) is 5.32 Å². The number of allylic oxidation sites excluding steroid dienone is 1. The van der Waals surface area contributed by atoms with E-state index >= 15 is 0 Å². The van der Waals surface area contributed by atoms with E-state index in [1.807, 2.05) is 13.8 Å². The van der Waals surface area contributed by atoms with E-state index in [0.717, 1.165) is 5.57 Å². The normalized spacial score (nSPS) is 11.7. The Labute approximate surface area is 95.5 Å². The van der Waals surface area contributed by atoms with Crippen molar-refractivity contribution in [2.75, 3.05) is 13.2 Å². The second-order valence-electron chi connectivity index (χ2n) is 3.61. The van der Waals surface area contributed by atoms with Crippen molar-refractivity contribution < 1.29 is 19.4 Å². The number of rotatable bonds is 7. The molecule has 0 spiro atoms. The van der Waals surface area contributed by atoms with Crippen LogP contribution in [0.2, 0.25) is 0 Å². The molecule has 5 heteroatoms. The summed E-state index contributed by atoms with van der Waals surface area (Å²) in [5, 5.41) is 11.3. The van der Waals surface area contributed by atoms with Crippen LogP contribution in [-0.4, -0.2) is 36.2 Å². The van der Waals surface area contributed by atoms with Gasteiger partial charge < -0.3 is 15.2 Å². The number of carbonyl (C=O) groups is 2. The highest BCUT2D eigenvalue weighted by atomic mass is 16.5. The third kappa shape index (κ3) is 7.00. The molecule has 0 heterocycles. The van der Waals surface area contributed by atoms with Gasteiger partial charge in [0.2, 0.25) is 5.91 Å². The number of carbonyl (C=O) groups excluding carboxylic acids is 1. The van der Waals surface area contributed by atoms with E-state index in [1.54, 1.807) is 13.0 Å². The number of hydrogen-bond donors (Lipinski definition) is 2. The van der Waals surface area contributed by atoms with Gasteiger partial charge in [0.25, 0.3) is 0 Å². The summed E-state index contributed by atoms with van der Waals surface area (Å²) in [6.07, 6.45) is 2.06. The summed E-state index contributed by atoms with van der Waals surface area (Å²) in [4.78, 5) is 22.1. The Balaban J connectivity index is 4.18. The first-order chi connectivity index (χ1) is 7.47. The molecule has 0 aromatic heterocycles. The standard InChI is InChI=1S/C11H19NO4/c1-4-16-7-10(13)12-9(11(14)15)6-5-8(2)3/h5,9H,4,6-7H2,1-3H3,(H,12,13)(H,14,15)/t9-/m0/s1. The van der Waals surface area contributed by atoms with Crippen LogP contribution in [0.1, 0.15) is 27.2 Å². The topological polar surface area (TPSA) is 75.6 Å². The summed E-state index contributed by atoms with van der Waals surface area (Å²) in [6, 6.07) is -0.886. The van der Waals surface area contributed by atoms with E-state index in [-0.39, 0.29) is 13.0 Å². The fourth-order valence-corrected chi connectivity index (χ4v) is 1.01. The number of amides is 1. The lowest BCUT2D eigenvalue weighted by atomic mass is 10.1. The average Bonchev–Trinajstić information content (AvgIpc) is 2.20. The maximum atomic E-state index is 11.2. The summed E-state index contributed by atoms with van der Waals surface area (Å²) in [7, 11) is 0. The first-order valence-corrected chi connectivity index (χ1v) is 5.20. The average molecular weight is 229 g/mol. The van der Waals surface area contributed by atoms with Gasteiger partial charge in [0.05, 0.1) is 0 Å². The van der Waals surface area contributed by atoms with Gasteiger partial charge in [0.1, 0.15) is 12.6 Å². The van der Waals surface area contributed by atoms with Crippen molar-refractivity contribution in [3.8, 4) is 0 Å². The molecule has 0 rings (SSSR count). The van der Waals surface area contributed by atoms with Crippen LogP contribution in [0.4, 0.5) is 0 Å². The summed E-state index contributed by atoms with van der Waals surface area (Å²) in [5.41, 5.74) is 1.02. The number of aliphatic carboxylic acids is 1. The summed E-state index contributed by atoms with van der Waals surface area (Å²) >= 11 is 0. The molecule has 0 aliphatic heterocycles. The Kier molecular flexibility index (Phi) is 7.20. The summed E-state index contributed by atoms with van der Waals surface area (Å²) in [6.45, 7) is 5.85. The predicted molar refractivity (Wildman–Crippen MR) is 60.1 cm³/mol. The SMILES string of the molecule is CCOCC(=O)N[C@@H](CC=C(C)C)C(=O)O. The van der Waals surface area contributed by atoms with Gasteiger partial charge in [-0.05, 0) is 27.2 Å². The lowest BCUT2D eigenvalue weighted by Gasteiger charge is -2.12. The summed E-state index contributed by atoms with van der Waals surface area (Å²) in [5.74, 6) is -1.45. The molecule has 0 saturated carbocycles. The van der Waals surface area contributed by atoms with E-state index < -0.39 is 17.9 Å². The highest BCUT2D eigenvalue weighted by Gasteiger charge is 2.18. The molecule has 5 nitrogen and oxygen atoms in total. The summed E-state index contributed by atoms with van der Waals surface area (Å²) < 4.78 is 4.88. The number of carboxylic acids is 1. The van der Waals surface area contributed by atoms with Crippen LogP contribution < -0.4 is 5.32 Å². The molecule has 0 aliphatic carbocycles. The molecule has 1 amide bonds. The molecule has 2 N–H and O–H groups in total. The van der Waals surface area contributed by atoms with Gasteiger partial charge in [-0.25, -0.2) is 4.79 Å². The molecule has 1 atom stereocenters. The fraction of sp³-hybridized carbons (Fsp3) is 0.636. The van der Waals surface area contributed by atoms with Crippen LogP contribution in [0.5, 0.6) is 0 Å². The Morgan fingerprint density at radius 2 is 2.06 bits per heavy atom. The second kappa shape index (κ2) is 7.87. The molecule has 16 heavy (non-hydrogen) atoms. The Hall–Kier alpha value is -1.36. The molecular weight excluding hydrogens is 210 g/mol. The second-order valence-corrected chi connectivity index (χ2v) is 3.61. The van der Waals surface area contributed by atoms with E-state index in [0.29, 0.717) is 6.61 Å². The molecule has 92 valence electrons. The third-order valence-corrected chi connectivity index (χ3v) is 1.83. The number of hydrogen-bond acceptors (Lipinski definition) is 3. The third-order valence-electron chi connectivity index (χ3n) is 1.83. The van der Waals surface area contributed by atoms with Crippen molar-refractivity contribution in [1.29, 1.82) is 0 Å². The molecule has 0 aliphatic rings. The Morgan fingerprint density at radius 1 is 1.44 bits per heavy atom. The molecule has 0 fully saturated rings. The van der Waals surface area contributed by atoms with Crippen molar-refractivity contribution in [3.63, 3.8) is 0 Å². The van der Waals surface area contributed by atoms with Crippen LogP contribution in [-0.2, 0) is 14.3 Å². The number of ether oxygens (including phenoxy) is 1. The Morgan fingerprint density at radius 3 is 2.50 bits per heavy atom. The maximum absolute atomic E-state index is 11.2. The lowest BCUT2D eigenvalue weighted by Crippen LogP contribution is -2.42. The van der Waals surface area contributed by atoms with Gasteiger partial charge in [0.15, 0.2) is 0 Å². The van der Waals surface area contributed by atoms with E-state index in [4.69, 9.17) is 9.84 Å². The first-order valence-electron chi connectivity index (χ1n) is 5.20. The van der Waals surface area contributed by atoms with Gasteiger partial charge in [-0.2, -0.15) is 0 Å². The van der Waals surface area contributed by atoms with Crippen molar-refractivity contribution in [2.45, 2.75) is 33.2 Å². The molecule has 0 unspecified atom stereocenters. The van der Waals surface area contributed by atoms with Gasteiger partial charge in [-0.1, -0.05) is 11.6 Å². The quantitative estimate of drug-likeness (QED) is 0.637. The Bertz CT molecular complexity index is 269. The van der Waals surface area contributed by atoms with Gasteiger partial charge >= 0.3 is 5.97 Å². The zero-order chi connectivity index (χ0) is 12.6. The lowest BCUT2D eigenvalue weighted by molar-refractivity contribution is -0.142. The highest BCUT2D eigenvalue weighted by Crippen LogP contribution is 1.99. The fourth-order valence-electron chi connectivity index (χ4n) is 1.01. The van der Waals surface area contributed by atoms with Crippen LogP contribution in [0.15, 0.2) is 11.6 Å². The first kappa shape index (κ1) is 14.6. The predicted octanol–water partition coefficient (Wildman–Crippen LogP) is 0.949. The molecule has 0 radical (unpaired) electrons. The highest BCUT2D eigenvalue weighted by molar-refractivity contribution is 5.84. The van der Waals surface area contributed by atoms with Crippen molar-refractivity contribution >= 4 is 11.9 Å². The van der Waals surface area contributed by atoms with Gasteiger partial charge in [-0.15, -0.1) is 0 Å². The maximum Gasteiger partial charge on any atom is 0.326 e. The number of carboxylic acid groups (broad SMARTS) is 1. The van der Waals surface area contributed by atoms with Crippen LogP contribution >= 0.6 is 0 Å². The van der Waals surface area contributed by atoms with Crippen LogP contribution in [0.25, 0.3) is 0 Å². The molecule has 0 bridgehead atoms. The smallest absolute Gasteiger partial charge is 0.326 e. The molecule has 0 saturated heterocycles. The van der Waals surface area contributed by atoms with Crippen molar-refractivity contribution in [2.24, 2.45) is 0 Å². The zero-order valence-electron chi connectivity index (χ0n) is 9.95. The van der Waals surface area contributed by atoms with Crippen molar-refractivity contribution in [3.05, 3.63) is 11.6 Å².